The summed E-state index contributed by atoms with van der Waals surface area (Å²) in [5, 5.41) is 2.85. The summed E-state index contributed by atoms with van der Waals surface area (Å²) < 4.78 is 18.0. The van der Waals surface area contributed by atoms with Gasteiger partial charge in [0.15, 0.2) is 0 Å². The third-order valence-corrected chi connectivity index (χ3v) is 8.00. The Morgan fingerprint density at radius 2 is 1.44 bits per heavy atom. The quantitative estimate of drug-likeness (QED) is 0.288. The zero-order valence-electron chi connectivity index (χ0n) is 19.7. The highest BCUT2D eigenvalue weighted by Gasteiger charge is 2.39. The number of hydrogen-bond acceptors (Lipinski definition) is 5. The highest BCUT2D eigenvalue weighted by Crippen LogP contribution is 2.28. The van der Waals surface area contributed by atoms with Crippen LogP contribution in [0.1, 0.15) is 34.1 Å². The van der Waals surface area contributed by atoms with Gasteiger partial charge in [0.25, 0.3) is 5.91 Å². The number of nitrogens with one attached hydrogen (secondary N) is 1. The summed E-state index contributed by atoms with van der Waals surface area (Å²) in [5.41, 5.74) is 3.36. The largest absolute Gasteiger partial charge is 0.500 e. The molecule has 0 saturated carbocycles. The molecule has 0 bridgehead atoms. The standard InChI is InChI=1S/C25H36N2O4Si/c1-6-29-32(30-7-2,31-8-3)20-12-19-27(23-13-10-9-11-14-23)24-17-15-22(16-18-24)26-25(28)21(4)5/h9-11,13-18H,4,6-8,12,19-20H2,1-3,5H3,(H,26,28). The molecular formula is C25H36N2O4Si. The molecule has 0 unspecified atom stereocenters. The van der Waals surface area contributed by atoms with Gasteiger partial charge in [0.05, 0.1) is 0 Å². The highest BCUT2D eigenvalue weighted by molar-refractivity contribution is 6.60. The molecular weight excluding hydrogens is 420 g/mol. The Morgan fingerprint density at radius 1 is 0.906 bits per heavy atom. The number of hydrogen-bond donors (Lipinski definition) is 1. The molecule has 2 aromatic carbocycles. The molecule has 0 aliphatic heterocycles. The van der Waals surface area contributed by atoms with Gasteiger partial charge in [-0.25, -0.2) is 0 Å². The van der Waals surface area contributed by atoms with Crippen LogP contribution >= 0.6 is 0 Å². The minimum absolute atomic E-state index is 0.179. The summed E-state index contributed by atoms with van der Waals surface area (Å²) in [5.74, 6) is -0.179. The number of nitrogens with zero attached hydrogens (tertiary/aromatic N) is 1. The van der Waals surface area contributed by atoms with Crippen molar-refractivity contribution in [2.45, 2.75) is 40.2 Å². The fourth-order valence-corrected chi connectivity index (χ4v) is 6.03. The van der Waals surface area contributed by atoms with Gasteiger partial charge in [0.2, 0.25) is 0 Å². The van der Waals surface area contributed by atoms with E-state index in [1.54, 1.807) is 6.92 Å². The van der Waals surface area contributed by atoms with Crippen LogP contribution in [0.5, 0.6) is 0 Å². The predicted molar refractivity (Wildman–Crippen MR) is 133 cm³/mol. The molecule has 1 N–H and O–H groups in total. The van der Waals surface area contributed by atoms with Crippen molar-refractivity contribution in [2.24, 2.45) is 0 Å². The summed E-state index contributed by atoms with van der Waals surface area (Å²) >= 11 is 0. The van der Waals surface area contributed by atoms with Crippen LogP contribution in [-0.4, -0.2) is 41.1 Å². The van der Waals surface area contributed by atoms with E-state index in [0.29, 0.717) is 25.4 Å². The van der Waals surface area contributed by atoms with E-state index >= 15 is 0 Å². The number of carbonyl (C=O) groups is 1. The molecule has 0 heterocycles. The van der Waals surface area contributed by atoms with Crippen LogP contribution < -0.4 is 10.2 Å². The van der Waals surface area contributed by atoms with Gasteiger partial charge < -0.3 is 23.5 Å². The normalized spacial score (nSPS) is 11.2. The van der Waals surface area contributed by atoms with Crippen LogP contribution in [0.15, 0.2) is 66.7 Å². The molecule has 0 spiro atoms. The van der Waals surface area contributed by atoms with Crippen molar-refractivity contribution in [2.75, 3.05) is 36.6 Å². The Kier molecular flexibility index (Phi) is 10.6. The van der Waals surface area contributed by atoms with E-state index in [1.807, 2.05) is 63.2 Å². The van der Waals surface area contributed by atoms with Gasteiger partial charge in [-0.2, -0.15) is 0 Å². The minimum atomic E-state index is -2.68. The minimum Gasteiger partial charge on any atom is -0.374 e. The second-order valence-corrected chi connectivity index (χ2v) is 10.1. The number of para-hydroxylation sites is 1. The van der Waals surface area contributed by atoms with Gasteiger partial charge in [0, 0.05) is 55.0 Å². The molecule has 0 aliphatic carbocycles. The van der Waals surface area contributed by atoms with E-state index in [1.165, 1.54) is 0 Å². The molecule has 7 heteroatoms. The van der Waals surface area contributed by atoms with E-state index in [2.05, 4.69) is 28.9 Å². The molecule has 0 aliphatic rings. The summed E-state index contributed by atoms with van der Waals surface area (Å²) in [6, 6.07) is 18.8. The highest BCUT2D eigenvalue weighted by atomic mass is 28.4. The third kappa shape index (κ3) is 7.60. The summed E-state index contributed by atoms with van der Waals surface area (Å²) in [4.78, 5) is 14.2. The molecule has 6 nitrogen and oxygen atoms in total. The van der Waals surface area contributed by atoms with Crippen molar-refractivity contribution >= 4 is 31.8 Å². The maximum absolute atomic E-state index is 11.9. The molecule has 0 fully saturated rings. The maximum Gasteiger partial charge on any atom is 0.500 e. The Hall–Kier alpha value is -2.45. The number of amides is 1. The van der Waals surface area contributed by atoms with Gasteiger partial charge in [-0.05, 0) is 70.5 Å². The lowest BCUT2D eigenvalue weighted by atomic mass is 10.2. The average molecular weight is 457 g/mol. The van der Waals surface area contributed by atoms with Crippen LogP contribution in [0.3, 0.4) is 0 Å². The van der Waals surface area contributed by atoms with Crippen molar-refractivity contribution in [3.8, 4) is 0 Å². The Labute approximate surface area is 193 Å². The second kappa shape index (κ2) is 13.2. The molecule has 0 radical (unpaired) electrons. The first-order valence-electron chi connectivity index (χ1n) is 11.3. The van der Waals surface area contributed by atoms with Crippen LogP contribution in [-0.2, 0) is 18.1 Å². The van der Waals surface area contributed by atoms with Crippen molar-refractivity contribution in [1.29, 1.82) is 0 Å². The topological polar surface area (TPSA) is 60.0 Å². The van der Waals surface area contributed by atoms with Crippen LogP contribution in [0.2, 0.25) is 6.04 Å². The van der Waals surface area contributed by atoms with Crippen LogP contribution in [0.4, 0.5) is 17.1 Å². The van der Waals surface area contributed by atoms with Gasteiger partial charge in [-0.15, -0.1) is 0 Å². The lowest BCUT2D eigenvalue weighted by Crippen LogP contribution is -2.46. The molecule has 2 rings (SSSR count). The van der Waals surface area contributed by atoms with Crippen molar-refractivity contribution in [1.82, 2.24) is 0 Å². The fraction of sp³-hybridized carbons (Fsp3) is 0.400. The van der Waals surface area contributed by atoms with Crippen molar-refractivity contribution in [3.05, 3.63) is 66.7 Å². The third-order valence-electron chi connectivity index (χ3n) is 4.85. The smallest absolute Gasteiger partial charge is 0.374 e. The lowest BCUT2D eigenvalue weighted by Gasteiger charge is -2.30. The molecule has 1 amide bonds. The molecule has 0 aromatic heterocycles. The molecule has 2 aromatic rings. The summed E-state index contributed by atoms with van der Waals surface area (Å²) in [6.45, 7) is 13.8. The number of carbonyl (C=O) groups excluding carboxylic acids is 1. The zero-order chi connectivity index (χ0) is 23.4. The van der Waals surface area contributed by atoms with E-state index < -0.39 is 8.80 Å². The van der Waals surface area contributed by atoms with Crippen molar-refractivity contribution < 1.29 is 18.1 Å². The Morgan fingerprint density at radius 3 is 1.94 bits per heavy atom. The molecule has 0 atom stereocenters. The van der Waals surface area contributed by atoms with Gasteiger partial charge in [-0.1, -0.05) is 24.8 Å². The fourth-order valence-electron chi connectivity index (χ4n) is 3.43. The molecule has 174 valence electrons. The van der Waals surface area contributed by atoms with Gasteiger partial charge >= 0.3 is 8.80 Å². The van der Waals surface area contributed by atoms with Crippen LogP contribution in [0, 0.1) is 0 Å². The molecule has 0 saturated heterocycles. The van der Waals surface area contributed by atoms with E-state index in [9.17, 15) is 4.79 Å². The zero-order valence-corrected chi connectivity index (χ0v) is 20.7. The predicted octanol–water partition coefficient (Wildman–Crippen LogP) is 5.78. The van der Waals surface area contributed by atoms with E-state index in [4.69, 9.17) is 13.3 Å². The monoisotopic (exact) mass is 456 g/mol. The maximum atomic E-state index is 11.9. The summed E-state index contributed by atoms with van der Waals surface area (Å²) in [7, 11) is -2.68. The number of rotatable bonds is 14. The first kappa shape index (κ1) is 25.8. The average Bonchev–Trinajstić information content (AvgIpc) is 2.78. The van der Waals surface area contributed by atoms with Crippen LogP contribution in [0.25, 0.3) is 0 Å². The van der Waals surface area contributed by atoms with Gasteiger partial charge in [0.1, 0.15) is 0 Å². The number of anilines is 3. The van der Waals surface area contributed by atoms with Crippen molar-refractivity contribution in [3.63, 3.8) is 0 Å². The van der Waals surface area contributed by atoms with E-state index in [0.717, 1.165) is 36.1 Å². The number of benzene rings is 2. The first-order valence-corrected chi connectivity index (χ1v) is 13.2. The lowest BCUT2D eigenvalue weighted by molar-refractivity contribution is -0.112. The Bertz CT molecular complexity index is 826. The Balaban J connectivity index is 2.18. The second-order valence-electron chi connectivity index (χ2n) is 7.35. The summed E-state index contributed by atoms with van der Waals surface area (Å²) in [6.07, 6.45) is 0.856. The molecule has 32 heavy (non-hydrogen) atoms. The van der Waals surface area contributed by atoms with Gasteiger partial charge in [-0.3, -0.25) is 4.79 Å². The van der Waals surface area contributed by atoms with E-state index in [-0.39, 0.29) is 5.91 Å². The first-order chi connectivity index (χ1) is 15.4. The SMILES string of the molecule is C=C(C)C(=O)Nc1ccc(N(CCC[Si](OCC)(OCC)OCC)c2ccccc2)cc1.